The molecule has 0 bridgehead atoms. The Morgan fingerprint density at radius 3 is 2.26 bits per heavy atom. The van der Waals surface area contributed by atoms with Crippen LogP contribution in [0.5, 0.6) is 0 Å². The number of rotatable bonds is 1. The molecule has 190 valence electrons. The summed E-state index contributed by atoms with van der Waals surface area (Å²) in [6, 6.07) is 0. The van der Waals surface area contributed by atoms with Crippen LogP contribution in [0.25, 0.3) is 0 Å². The molecule has 3 heteroatoms. The van der Waals surface area contributed by atoms with Crippen LogP contribution in [0, 0.1) is 50.2 Å². The van der Waals surface area contributed by atoms with E-state index in [4.69, 9.17) is 4.74 Å². The number of carbonyl (C=O) groups excluding carboxylic acids is 2. The Morgan fingerprint density at radius 1 is 0.912 bits per heavy atom. The molecule has 5 rings (SSSR count). The van der Waals surface area contributed by atoms with Gasteiger partial charge in [-0.25, -0.2) is 0 Å². The van der Waals surface area contributed by atoms with Crippen molar-refractivity contribution in [2.24, 2.45) is 50.2 Å². The SMILES string of the molecule is COC(=O)[C@]12CCC(C)(C)C[C@H]1C1=CC[C@H]3[C@@]4(C)CCC(=O)C(C)(C)[C@H]4CC[C@@]3(C)[C@]1(C)CC2. The van der Waals surface area contributed by atoms with Crippen LogP contribution in [-0.4, -0.2) is 18.9 Å². The lowest BCUT2D eigenvalue weighted by atomic mass is 9.33. The van der Waals surface area contributed by atoms with E-state index in [1.165, 1.54) is 6.42 Å². The number of ketones is 1. The van der Waals surface area contributed by atoms with Crippen molar-refractivity contribution in [1.82, 2.24) is 0 Å². The van der Waals surface area contributed by atoms with E-state index in [0.29, 0.717) is 23.5 Å². The summed E-state index contributed by atoms with van der Waals surface area (Å²) in [7, 11) is 1.59. The topological polar surface area (TPSA) is 43.4 Å². The lowest BCUT2D eigenvalue weighted by Gasteiger charge is -2.70. The van der Waals surface area contributed by atoms with E-state index < -0.39 is 0 Å². The van der Waals surface area contributed by atoms with Gasteiger partial charge in [-0.05, 0) is 97.2 Å². The highest BCUT2D eigenvalue weighted by atomic mass is 16.5. The molecule has 7 atom stereocenters. The molecule has 4 fully saturated rings. The van der Waals surface area contributed by atoms with Crippen LogP contribution in [0.2, 0.25) is 0 Å². The summed E-state index contributed by atoms with van der Waals surface area (Å²) in [6.07, 6.45) is 13.0. The van der Waals surface area contributed by atoms with Crippen LogP contribution in [0.15, 0.2) is 11.6 Å². The molecule has 5 aliphatic carbocycles. The van der Waals surface area contributed by atoms with Gasteiger partial charge < -0.3 is 4.74 Å². The van der Waals surface area contributed by atoms with Crippen molar-refractivity contribution in [3.05, 3.63) is 11.6 Å². The first kappa shape index (κ1) is 24.6. The minimum atomic E-state index is -0.334. The first-order valence-corrected chi connectivity index (χ1v) is 14.0. The van der Waals surface area contributed by atoms with E-state index in [2.05, 4.69) is 54.5 Å². The van der Waals surface area contributed by atoms with Crippen molar-refractivity contribution in [1.29, 1.82) is 0 Å². The molecule has 4 saturated carbocycles. The Kier molecular flexibility index (Phi) is 5.22. The van der Waals surface area contributed by atoms with E-state index in [1.54, 1.807) is 12.7 Å². The summed E-state index contributed by atoms with van der Waals surface area (Å²) in [4.78, 5) is 26.3. The maximum absolute atomic E-state index is 13.3. The van der Waals surface area contributed by atoms with Crippen molar-refractivity contribution in [2.75, 3.05) is 7.11 Å². The molecule has 0 amide bonds. The van der Waals surface area contributed by atoms with Gasteiger partial charge >= 0.3 is 5.97 Å². The minimum Gasteiger partial charge on any atom is -0.469 e. The average molecular weight is 469 g/mol. The van der Waals surface area contributed by atoms with E-state index in [-0.39, 0.29) is 38.5 Å². The first-order chi connectivity index (χ1) is 15.7. The molecule has 0 unspecified atom stereocenters. The maximum atomic E-state index is 13.3. The summed E-state index contributed by atoms with van der Waals surface area (Å²) in [5.41, 5.74) is 1.84. The zero-order valence-corrected chi connectivity index (χ0v) is 23.1. The third kappa shape index (κ3) is 2.88. The number of hydrogen-bond acceptors (Lipinski definition) is 3. The van der Waals surface area contributed by atoms with Crippen molar-refractivity contribution in [2.45, 2.75) is 113 Å². The number of esters is 1. The monoisotopic (exact) mass is 468 g/mol. The number of allylic oxidation sites excluding steroid dienone is 2. The van der Waals surface area contributed by atoms with E-state index >= 15 is 0 Å². The first-order valence-electron chi connectivity index (χ1n) is 14.0. The second-order valence-electron chi connectivity index (χ2n) is 15.0. The predicted octanol–water partition coefficient (Wildman–Crippen LogP) is 7.53. The fourth-order valence-electron chi connectivity index (χ4n) is 10.6. The van der Waals surface area contributed by atoms with E-state index in [1.807, 2.05) is 0 Å². The van der Waals surface area contributed by atoms with E-state index in [9.17, 15) is 9.59 Å². The Bertz CT molecular complexity index is 942. The van der Waals surface area contributed by atoms with E-state index in [0.717, 1.165) is 57.8 Å². The summed E-state index contributed by atoms with van der Waals surface area (Å²) < 4.78 is 5.48. The second-order valence-corrected chi connectivity index (χ2v) is 15.0. The maximum Gasteiger partial charge on any atom is 0.312 e. The molecule has 0 heterocycles. The highest BCUT2D eigenvalue weighted by molar-refractivity contribution is 5.85. The third-order valence-electron chi connectivity index (χ3n) is 13.0. The normalized spacial score (nSPS) is 49.0. The lowest BCUT2D eigenvalue weighted by Crippen LogP contribution is -2.64. The standard InChI is InChI=1S/C31H48O3/c1-26(2)15-17-31(25(33)34-8)18-16-29(6)20(21(31)19-26)9-10-23-28(5)13-12-24(32)27(3,4)22(28)11-14-30(23,29)7/h9,21-23H,10-19H2,1-8H3/t21-,22+,23-,28-,29+,30+,31-/m0/s1. The molecule has 0 saturated heterocycles. The van der Waals surface area contributed by atoms with Crippen molar-refractivity contribution < 1.29 is 14.3 Å². The van der Waals surface area contributed by atoms with Crippen LogP contribution in [0.4, 0.5) is 0 Å². The number of carbonyl (C=O) groups is 2. The number of ether oxygens (including phenoxy) is 1. The van der Waals surface area contributed by atoms with Crippen molar-refractivity contribution >= 4 is 11.8 Å². The number of hydrogen-bond donors (Lipinski definition) is 0. The summed E-state index contributed by atoms with van der Waals surface area (Å²) in [5.74, 6) is 1.88. The molecule has 0 spiro atoms. The van der Waals surface area contributed by atoms with Gasteiger partial charge in [-0.2, -0.15) is 0 Å². The summed E-state index contributed by atoms with van der Waals surface area (Å²) >= 11 is 0. The molecule has 5 aliphatic rings. The molecule has 0 aliphatic heterocycles. The zero-order valence-electron chi connectivity index (χ0n) is 23.1. The quantitative estimate of drug-likeness (QED) is 0.295. The van der Waals surface area contributed by atoms with Gasteiger partial charge in [0, 0.05) is 11.8 Å². The molecular weight excluding hydrogens is 420 g/mol. The van der Waals surface area contributed by atoms with Gasteiger partial charge in [0.05, 0.1) is 12.5 Å². The average Bonchev–Trinajstić information content (AvgIpc) is 2.76. The third-order valence-corrected chi connectivity index (χ3v) is 13.0. The van der Waals surface area contributed by atoms with Gasteiger partial charge in [0.15, 0.2) is 0 Å². The Labute approximate surface area is 207 Å². The van der Waals surface area contributed by atoms with Gasteiger partial charge in [0.1, 0.15) is 5.78 Å². The second kappa shape index (κ2) is 7.22. The highest BCUT2D eigenvalue weighted by Gasteiger charge is 2.69. The van der Waals surface area contributed by atoms with Gasteiger partial charge in [0.2, 0.25) is 0 Å². The molecule has 0 aromatic carbocycles. The Balaban J connectivity index is 1.60. The molecule has 0 aromatic rings. The van der Waals surface area contributed by atoms with Gasteiger partial charge in [0.25, 0.3) is 0 Å². The smallest absolute Gasteiger partial charge is 0.312 e. The highest BCUT2D eigenvalue weighted by Crippen LogP contribution is 2.75. The zero-order chi connectivity index (χ0) is 24.9. The molecule has 0 aromatic heterocycles. The van der Waals surface area contributed by atoms with Crippen molar-refractivity contribution in [3.63, 3.8) is 0 Å². The summed E-state index contributed by atoms with van der Waals surface area (Å²) in [5, 5.41) is 0. The lowest BCUT2D eigenvalue weighted by molar-refractivity contribution is -0.190. The van der Waals surface area contributed by atoms with Gasteiger partial charge in [-0.1, -0.05) is 60.1 Å². The van der Waals surface area contributed by atoms with Crippen LogP contribution in [0.3, 0.4) is 0 Å². The molecular formula is C31H48O3. The predicted molar refractivity (Wildman–Crippen MR) is 136 cm³/mol. The number of methoxy groups -OCH3 is 1. The molecule has 3 nitrogen and oxygen atoms in total. The fraction of sp³-hybridized carbons (Fsp3) is 0.871. The van der Waals surface area contributed by atoms with Crippen LogP contribution in [0.1, 0.15) is 113 Å². The van der Waals surface area contributed by atoms with Gasteiger partial charge in [-0.15, -0.1) is 0 Å². The van der Waals surface area contributed by atoms with Gasteiger partial charge in [-0.3, -0.25) is 9.59 Å². The Hall–Kier alpha value is -1.12. The number of Topliss-reactive ketones (excluding diaryl/α,β-unsaturated/α-hetero) is 1. The summed E-state index contributed by atoms with van der Waals surface area (Å²) in [6.45, 7) is 16.9. The van der Waals surface area contributed by atoms with Crippen LogP contribution in [-0.2, 0) is 14.3 Å². The largest absolute Gasteiger partial charge is 0.469 e. The fourth-order valence-corrected chi connectivity index (χ4v) is 10.6. The number of fused-ring (bicyclic) bond motifs is 7. The van der Waals surface area contributed by atoms with Crippen LogP contribution < -0.4 is 0 Å². The minimum absolute atomic E-state index is 0.0337. The Morgan fingerprint density at radius 2 is 1.59 bits per heavy atom. The molecule has 34 heavy (non-hydrogen) atoms. The molecule has 0 radical (unpaired) electrons. The van der Waals surface area contributed by atoms with Crippen molar-refractivity contribution in [3.8, 4) is 0 Å². The van der Waals surface area contributed by atoms with Crippen LogP contribution >= 0.6 is 0 Å². The molecule has 0 N–H and O–H groups in total.